The highest BCUT2D eigenvalue weighted by atomic mass is 16.2. The molecule has 2 rings (SSSR count). The molecule has 0 unspecified atom stereocenters. The third-order valence-electron chi connectivity index (χ3n) is 2.76. The zero-order valence-electron chi connectivity index (χ0n) is 10.7. The average molecular weight is 267 g/mol. The molecule has 5 heteroatoms. The molecule has 100 valence electrons. The predicted octanol–water partition coefficient (Wildman–Crippen LogP) is 1.69. The minimum Gasteiger partial charge on any atom is -0.351 e. The number of aromatic amines is 1. The Hall–Kier alpha value is -2.87. The highest BCUT2D eigenvalue weighted by Gasteiger charge is 2.10. The first-order valence-electron chi connectivity index (χ1n) is 6.16. The van der Waals surface area contributed by atoms with Crippen molar-refractivity contribution < 1.29 is 4.79 Å². The molecule has 1 aromatic heterocycles. The van der Waals surface area contributed by atoms with E-state index in [4.69, 9.17) is 5.26 Å². The lowest BCUT2D eigenvalue weighted by Gasteiger charge is -2.04. The van der Waals surface area contributed by atoms with E-state index in [0.29, 0.717) is 5.69 Å². The molecule has 0 atom stereocenters. The molecule has 1 heterocycles. The number of pyridine rings is 1. The van der Waals surface area contributed by atoms with Crippen LogP contribution in [0, 0.1) is 11.3 Å². The number of nitriles is 1. The SMILES string of the molecule is N#CCCNC(=O)c1ccc(-c2ccccc2)[nH]c1=O. The van der Waals surface area contributed by atoms with E-state index in [2.05, 4.69) is 10.3 Å². The quantitative estimate of drug-likeness (QED) is 0.826. The molecule has 1 amide bonds. The number of benzene rings is 1. The van der Waals surface area contributed by atoms with Gasteiger partial charge in [-0.05, 0) is 17.7 Å². The van der Waals surface area contributed by atoms with Gasteiger partial charge in [0.05, 0.1) is 12.5 Å². The van der Waals surface area contributed by atoms with E-state index in [1.807, 2.05) is 36.4 Å². The Morgan fingerprint density at radius 2 is 1.95 bits per heavy atom. The van der Waals surface area contributed by atoms with Crippen LogP contribution in [0.2, 0.25) is 0 Å². The van der Waals surface area contributed by atoms with Gasteiger partial charge in [0.2, 0.25) is 0 Å². The van der Waals surface area contributed by atoms with Crippen molar-refractivity contribution in [1.29, 1.82) is 5.26 Å². The smallest absolute Gasteiger partial charge is 0.261 e. The lowest BCUT2D eigenvalue weighted by atomic mass is 10.1. The third kappa shape index (κ3) is 3.12. The van der Waals surface area contributed by atoms with Crippen LogP contribution in [-0.4, -0.2) is 17.4 Å². The first kappa shape index (κ1) is 13.6. The number of amides is 1. The predicted molar refractivity (Wildman–Crippen MR) is 75.1 cm³/mol. The minimum absolute atomic E-state index is 0.0441. The Kier molecular flexibility index (Phi) is 4.30. The normalized spacial score (nSPS) is 9.75. The van der Waals surface area contributed by atoms with Crippen LogP contribution in [0.15, 0.2) is 47.3 Å². The van der Waals surface area contributed by atoms with E-state index >= 15 is 0 Å². The summed E-state index contributed by atoms with van der Waals surface area (Å²) in [5.74, 6) is -0.471. The summed E-state index contributed by atoms with van der Waals surface area (Å²) in [6, 6.07) is 14.5. The zero-order valence-corrected chi connectivity index (χ0v) is 10.7. The number of nitrogens with zero attached hydrogens (tertiary/aromatic N) is 1. The molecule has 0 saturated carbocycles. The monoisotopic (exact) mass is 267 g/mol. The lowest BCUT2D eigenvalue weighted by Crippen LogP contribution is -2.30. The van der Waals surface area contributed by atoms with Crippen LogP contribution in [0.3, 0.4) is 0 Å². The van der Waals surface area contributed by atoms with Crippen LogP contribution >= 0.6 is 0 Å². The van der Waals surface area contributed by atoms with E-state index in [1.54, 1.807) is 6.07 Å². The van der Waals surface area contributed by atoms with Crippen molar-refractivity contribution in [2.24, 2.45) is 0 Å². The number of aromatic nitrogens is 1. The average Bonchev–Trinajstić information content (AvgIpc) is 2.48. The standard InChI is InChI=1S/C15H13N3O2/c16-9-4-10-17-14(19)12-7-8-13(18-15(12)20)11-5-2-1-3-6-11/h1-3,5-8H,4,10H2,(H,17,19)(H,18,20). The molecule has 2 aromatic rings. The van der Waals surface area contributed by atoms with Crippen molar-refractivity contribution in [1.82, 2.24) is 10.3 Å². The van der Waals surface area contributed by atoms with Gasteiger partial charge in [-0.25, -0.2) is 0 Å². The summed E-state index contributed by atoms with van der Waals surface area (Å²) in [6.07, 6.45) is 0.214. The first-order chi connectivity index (χ1) is 9.72. The van der Waals surface area contributed by atoms with Gasteiger partial charge in [0.15, 0.2) is 0 Å². The molecule has 0 spiro atoms. The Bertz CT molecular complexity index is 699. The van der Waals surface area contributed by atoms with Gasteiger partial charge in [0.1, 0.15) is 5.56 Å². The second-order valence-corrected chi connectivity index (χ2v) is 4.14. The van der Waals surface area contributed by atoms with Crippen LogP contribution in [0.1, 0.15) is 16.8 Å². The summed E-state index contributed by atoms with van der Waals surface area (Å²) >= 11 is 0. The zero-order chi connectivity index (χ0) is 14.4. The van der Waals surface area contributed by atoms with Gasteiger partial charge in [-0.2, -0.15) is 5.26 Å². The van der Waals surface area contributed by atoms with Crippen molar-refractivity contribution in [3.8, 4) is 17.3 Å². The molecule has 0 bridgehead atoms. The fourth-order valence-corrected chi connectivity index (χ4v) is 1.77. The van der Waals surface area contributed by atoms with Crippen LogP contribution < -0.4 is 10.9 Å². The molecular weight excluding hydrogens is 254 g/mol. The Balaban J connectivity index is 2.21. The number of rotatable bonds is 4. The minimum atomic E-state index is -0.471. The number of nitrogens with one attached hydrogen (secondary N) is 2. The summed E-state index contributed by atoms with van der Waals surface area (Å²) in [5.41, 5.74) is 1.13. The van der Waals surface area contributed by atoms with E-state index in [0.717, 1.165) is 5.56 Å². The largest absolute Gasteiger partial charge is 0.351 e. The number of carbonyl (C=O) groups is 1. The Morgan fingerprint density at radius 3 is 2.60 bits per heavy atom. The summed E-state index contributed by atoms with van der Waals surface area (Å²) in [4.78, 5) is 26.3. The number of hydrogen-bond donors (Lipinski definition) is 2. The van der Waals surface area contributed by atoms with Crippen LogP contribution in [-0.2, 0) is 0 Å². The van der Waals surface area contributed by atoms with Gasteiger partial charge in [0, 0.05) is 12.2 Å². The molecule has 2 N–H and O–H groups in total. The lowest BCUT2D eigenvalue weighted by molar-refractivity contribution is 0.0953. The fraction of sp³-hybridized carbons (Fsp3) is 0.133. The molecule has 20 heavy (non-hydrogen) atoms. The summed E-state index contributed by atoms with van der Waals surface area (Å²) in [5, 5.41) is 10.9. The summed E-state index contributed by atoms with van der Waals surface area (Å²) < 4.78 is 0. The van der Waals surface area contributed by atoms with Crippen LogP contribution in [0.5, 0.6) is 0 Å². The highest BCUT2D eigenvalue weighted by Crippen LogP contribution is 2.14. The van der Waals surface area contributed by atoms with E-state index in [9.17, 15) is 9.59 Å². The molecule has 0 radical (unpaired) electrons. The fourth-order valence-electron chi connectivity index (χ4n) is 1.77. The maximum atomic E-state index is 11.9. The van der Waals surface area contributed by atoms with Crippen molar-refractivity contribution in [2.45, 2.75) is 6.42 Å². The second-order valence-electron chi connectivity index (χ2n) is 4.14. The van der Waals surface area contributed by atoms with Gasteiger partial charge < -0.3 is 10.3 Å². The van der Waals surface area contributed by atoms with Gasteiger partial charge in [-0.1, -0.05) is 30.3 Å². The van der Waals surface area contributed by atoms with Gasteiger partial charge in [-0.15, -0.1) is 0 Å². The molecule has 5 nitrogen and oxygen atoms in total. The van der Waals surface area contributed by atoms with Gasteiger partial charge in [0.25, 0.3) is 11.5 Å². The van der Waals surface area contributed by atoms with Crippen LogP contribution in [0.25, 0.3) is 11.3 Å². The van der Waals surface area contributed by atoms with Crippen LogP contribution in [0.4, 0.5) is 0 Å². The molecule has 1 aromatic carbocycles. The van der Waals surface area contributed by atoms with Crippen molar-refractivity contribution in [2.75, 3.05) is 6.54 Å². The Morgan fingerprint density at radius 1 is 1.20 bits per heavy atom. The topological polar surface area (TPSA) is 85.8 Å². The summed E-state index contributed by atoms with van der Waals surface area (Å²) in [7, 11) is 0. The maximum absolute atomic E-state index is 11.9. The highest BCUT2D eigenvalue weighted by molar-refractivity contribution is 5.94. The molecule has 0 saturated heterocycles. The van der Waals surface area contributed by atoms with Crippen molar-refractivity contribution in [3.05, 3.63) is 58.4 Å². The summed E-state index contributed by atoms with van der Waals surface area (Å²) in [6.45, 7) is 0.231. The number of H-pyrrole nitrogens is 1. The van der Waals surface area contributed by atoms with E-state index in [1.165, 1.54) is 6.07 Å². The number of carbonyl (C=O) groups excluding carboxylic acids is 1. The molecule has 0 fully saturated rings. The van der Waals surface area contributed by atoms with Gasteiger partial charge >= 0.3 is 0 Å². The molecule has 0 aliphatic rings. The second kappa shape index (κ2) is 6.34. The van der Waals surface area contributed by atoms with E-state index in [-0.39, 0.29) is 18.5 Å². The maximum Gasteiger partial charge on any atom is 0.261 e. The molecule has 0 aliphatic heterocycles. The number of hydrogen-bond acceptors (Lipinski definition) is 3. The van der Waals surface area contributed by atoms with Gasteiger partial charge in [-0.3, -0.25) is 9.59 Å². The molecule has 0 aliphatic carbocycles. The van der Waals surface area contributed by atoms with E-state index < -0.39 is 11.5 Å². The van der Waals surface area contributed by atoms with Crippen molar-refractivity contribution in [3.63, 3.8) is 0 Å². The Labute approximate surface area is 115 Å². The third-order valence-corrected chi connectivity index (χ3v) is 2.76. The molecular formula is C15H13N3O2. The van der Waals surface area contributed by atoms with Crippen molar-refractivity contribution >= 4 is 5.91 Å². The first-order valence-corrected chi connectivity index (χ1v) is 6.16.